The Morgan fingerprint density at radius 3 is 2.46 bits per heavy atom. The van der Waals surface area contributed by atoms with Crippen molar-refractivity contribution < 1.29 is 22.9 Å². The first kappa shape index (κ1) is 17.7. The van der Waals surface area contributed by atoms with E-state index in [-0.39, 0.29) is 11.1 Å². The monoisotopic (exact) mass is 372 g/mol. The summed E-state index contributed by atoms with van der Waals surface area (Å²) in [6.07, 6.45) is 0. The highest BCUT2D eigenvalue weighted by atomic mass is 32.2. The van der Waals surface area contributed by atoms with Crippen molar-refractivity contribution in [1.29, 1.82) is 0 Å². The molecule has 0 unspecified atom stereocenters. The average Bonchev–Trinajstić information content (AvgIpc) is 2.57. The molecule has 0 atom stereocenters. The van der Waals surface area contributed by atoms with Crippen LogP contribution in [0.25, 0.3) is 10.8 Å². The molecule has 0 bridgehead atoms. The third kappa shape index (κ3) is 3.32. The zero-order valence-corrected chi connectivity index (χ0v) is 14.5. The van der Waals surface area contributed by atoms with Gasteiger partial charge in [0.25, 0.3) is 16.0 Å². The molecule has 0 heterocycles. The molecule has 3 rings (SSSR count). The van der Waals surface area contributed by atoms with Gasteiger partial charge in [-0.15, -0.1) is 0 Å². The number of fused-ring (bicyclic) bond motifs is 1. The van der Waals surface area contributed by atoms with Gasteiger partial charge in [0.2, 0.25) is 0 Å². The Kier molecular flexibility index (Phi) is 4.31. The predicted octanol–water partition coefficient (Wildman–Crippen LogP) is 2.94. The molecular weight excluding hydrogens is 356 g/mol. The van der Waals surface area contributed by atoms with Crippen LogP contribution >= 0.6 is 0 Å². The lowest BCUT2D eigenvalue weighted by atomic mass is 10.1. The molecular formula is C18H16N2O5S. The Hall–Kier alpha value is -3.10. The number of rotatable bonds is 3. The summed E-state index contributed by atoms with van der Waals surface area (Å²) in [4.78, 5) is 12.0. The number of hydrogen-bond donors (Lipinski definition) is 4. The summed E-state index contributed by atoms with van der Waals surface area (Å²) in [5.41, 5.74) is 7.74. The molecule has 0 radical (unpaired) electrons. The molecule has 3 aromatic carbocycles. The molecule has 0 aliphatic carbocycles. The van der Waals surface area contributed by atoms with Crippen molar-refractivity contribution in [3.63, 3.8) is 0 Å². The second-order valence-electron chi connectivity index (χ2n) is 5.84. The Bertz CT molecular complexity index is 1140. The van der Waals surface area contributed by atoms with Crippen LogP contribution in [0.4, 0.5) is 11.4 Å². The maximum absolute atomic E-state index is 12.5. The van der Waals surface area contributed by atoms with E-state index in [2.05, 4.69) is 5.32 Å². The molecule has 0 saturated carbocycles. The van der Waals surface area contributed by atoms with Crippen LogP contribution in [0.1, 0.15) is 15.9 Å². The van der Waals surface area contributed by atoms with Crippen molar-refractivity contribution in [2.75, 3.05) is 11.1 Å². The lowest BCUT2D eigenvalue weighted by molar-refractivity contribution is 0.102. The number of phenolic OH excluding ortho intramolecular Hbond substituents is 1. The number of aryl methyl sites for hydroxylation is 1. The Balaban J connectivity index is 2.08. The second-order valence-corrected chi connectivity index (χ2v) is 7.27. The number of carbonyl (C=O) groups excluding carboxylic acids is 1. The van der Waals surface area contributed by atoms with E-state index in [1.165, 1.54) is 6.07 Å². The lowest BCUT2D eigenvalue weighted by Gasteiger charge is -2.12. The van der Waals surface area contributed by atoms with Crippen molar-refractivity contribution in [3.8, 4) is 5.75 Å². The molecule has 0 aromatic heterocycles. The van der Waals surface area contributed by atoms with Crippen molar-refractivity contribution in [1.82, 2.24) is 0 Å². The zero-order chi connectivity index (χ0) is 19.1. The van der Waals surface area contributed by atoms with Crippen molar-refractivity contribution in [3.05, 3.63) is 59.7 Å². The fourth-order valence-corrected chi connectivity index (χ4v) is 3.14. The number of nitrogens with two attached hydrogens (primary N) is 1. The summed E-state index contributed by atoms with van der Waals surface area (Å²) >= 11 is 0. The largest absolute Gasteiger partial charge is 0.507 e. The molecule has 26 heavy (non-hydrogen) atoms. The number of hydrogen-bond acceptors (Lipinski definition) is 5. The van der Waals surface area contributed by atoms with E-state index in [0.717, 1.165) is 11.6 Å². The number of benzene rings is 3. The molecule has 3 aromatic rings. The van der Waals surface area contributed by atoms with Crippen LogP contribution in [-0.4, -0.2) is 24.0 Å². The Labute approximate surface area is 149 Å². The van der Waals surface area contributed by atoms with Gasteiger partial charge in [0, 0.05) is 33.8 Å². The van der Waals surface area contributed by atoms with Gasteiger partial charge in [-0.25, -0.2) is 0 Å². The van der Waals surface area contributed by atoms with Crippen LogP contribution in [0.5, 0.6) is 5.75 Å². The van der Waals surface area contributed by atoms with Gasteiger partial charge in [0.15, 0.2) is 0 Å². The van der Waals surface area contributed by atoms with E-state index in [0.29, 0.717) is 22.3 Å². The molecule has 0 saturated heterocycles. The van der Waals surface area contributed by atoms with E-state index in [1.54, 1.807) is 43.3 Å². The molecule has 1 amide bonds. The standard InChI is InChI=1S/C18H16N2O5S/c1-10-7-11(5-6-15(10)19)18(22)20-16-4-2-3-13-14(16)8-12(9-17(13)21)26(23,24)25/h2-9,21H,19H2,1H3,(H,20,22)(H,23,24,25). The van der Waals surface area contributed by atoms with Gasteiger partial charge in [-0.2, -0.15) is 8.42 Å². The Morgan fingerprint density at radius 1 is 1.08 bits per heavy atom. The molecule has 8 heteroatoms. The summed E-state index contributed by atoms with van der Waals surface area (Å²) in [7, 11) is -4.51. The molecule has 0 aliphatic rings. The third-order valence-electron chi connectivity index (χ3n) is 4.03. The quantitative estimate of drug-likeness (QED) is 0.413. The minimum absolute atomic E-state index is 0.278. The van der Waals surface area contributed by atoms with E-state index in [1.807, 2.05) is 0 Å². The van der Waals surface area contributed by atoms with Crippen molar-refractivity contribution in [2.24, 2.45) is 0 Å². The number of amides is 1. The van der Waals surface area contributed by atoms with Crippen LogP contribution in [0, 0.1) is 6.92 Å². The molecule has 134 valence electrons. The van der Waals surface area contributed by atoms with Gasteiger partial charge < -0.3 is 16.2 Å². The van der Waals surface area contributed by atoms with Gasteiger partial charge in [-0.1, -0.05) is 12.1 Å². The Morgan fingerprint density at radius 2 is 1.81 bits per heavy atom. The first-order chi connectivity index (χ1) is 12.2. The first-order valence-corrected chi connectivity index (χ1v) is 9.01. The van der Waals surface area contributed by atoms with Crippen molar-refractivity contribution >= 4 is 38.2 Å². The van der Waals surface area contributed by atoms with Gasteiger partial charge in [0.1, 0.15) is 5.75 Å². The number of anilines is 2. The maximum Gasteiger partial charge on any atom is 0.294 e. The minimum atomic E-state index is -4.51. The highest BCUT2D eigenvalue weighted by Gasteiger charge is 2.16. The van der Waals surface area contributed by atoms with Gasteiger partial charge in [0.05, 0.1) is 4.90 Å². The van der Waals surface area contributed by atoms with Crippen LogP contribution in [0.2, 0.25) is 0 Å². The van der Waals surface area contributed by atoms with Crippen LogP contribution < -0.4 is 11.1 Å². The molecule has 0 fully saturated rings. The van der Waals surface area contributed by atoms with Gasteiger partial charge in [-0.3, -0.25) is 9.35 Å². The lowest BCUT2D eigenvalue weighted by Crippen LogP contribution is -2.12. The topological polar surface area (TPSA) is 130 Å². The number of nitrogen functional groups attached to an aromatic ring is 1. The summed E-state index contributed by atoms with van der Waals surface area (Å²) in [5.74, 6) is -0.744. The van der Waals surface area contributed by atoms with Gasteiger partial charge in [-0.05, 0) is 42.8 Å². The average molecular weight is 372 g/mol. The normalized spacial score (nSPS) is 11.5. The van der Waals surface area contributed by atoms with E-state index in [9.17, 15) is 22.9 Å². The number of aromatic hydroxyl groups is 1. The highest BCUT2D eigenvalue weighted by molar-refractivity contribution is 7.85. The van der Waals surface area contributed by atoms with E-state index < -0.39 is 20.9 Å². The fraction of sp³-hybridized carbons (Fsp3) is 0.0556. The molecule has 0 spiro atoms. The highest BCUT2D eigenvalue weighted by Crippen LogP contribution is 2.33. The SMILES string of the molecule is Cc1cc(C(=O)Nc2cccc3c(O)cc(S(=O)(=O)O)cc23)ccc1N. The molecule has 7 nitrogen and oxygen atoms in total. The van der Waals surface area contributed by atoms with Crippen LogP contribution in [0.15, 0.2) is 53.4 Å². The smallest absolute Gasteiger partial charge is 0.294 e. The van der Waals surface area contributed by atoms with E-state index >= 15 is 0 Å². The first-order valence-electron chi connectivity index (χ1n) is 7.57. The fourth-order valence-electron chi connectivity index (χ4n) is 2.61. The summed E-state index contributed by atoms with van der Waals surface area (Å²) in [6, 6.07) is 11.7. The summed E-state index contributed by atoms with van der Waals surface area (Å²) < 4.78 is 32.0. The van der Waals surface area contributed by atoms with Crippen LogP contribution in [0.3, 0.4) is 0 Å². The summed E-state index contributed by atoms with van der Waals surface area (Å²) in [6.45, 7) is 1.78. The predicted molar refractivity (Wildman–Crippen MR) is 99.0 cm³/mol. The third-order valence-corrected chi connectivity index (χ3v) is 4.86. The zero-order valence-electron chi connectivity index (χ0n) is 13.7. The van der Waals surface area contributed by atoms with Crippen LogP contribution in [-0.2, 0) is 10.1 Å². The minimum Gasteiger partial charge on any atom is -0.507 e. The van der Waals surface area contributed by atoms with Crippen molar-refractivity contribution in [2.45, 2.75) is 11.8 Å². The van der Waals surface area contributed by atoms with Gasteiger partial charge >= 0.3 is 0 Å². The molecule has 5 N–H and O–H groups in total. The van der Waals surface area contributed by atoms with E-state index in [4.69, 9.17) is 5.73 Å². The second kappa shape index (κ2) is 6.32. The number of nitrogens with one attached hydrogen (secondary N) is 1. The molecule has 0 aliphatic heterocycles. The summed E-state index contributed by atoms with van der Waals surface area (Å²) in [5, 5.41) is 13.4. The maximum atomic E-state index is 12.5. The number of carbonyl (C=O) groups is 1. The number of phenols is 1.